The molecule has 26 heavy (non-hydrogen) atoms. The smallest absolute Gasteiger partial charge is 0.338 e. The van der Waals surface area contributed by atoms with Gasteiger partial charge in [-0.15, -0.1) is 0 Å². The first-order valence-corrected chi connectivity index (χ1v) is 9.61. The van der Waals surface area contributed by atoms with E-state index in [4.69, 9.17) is 4.98 Å². The number of piperidine rings is 1. The lowest BCUT2D eigenvalue weighted by molar-refractivity contribution is 0.0699. The molecule has 1 fully saturated rings. The summed E-state index contributed by atoms with van der Waals surface area (Å²) in [7, 11) is 0. The van der Waals surface area contributed by atoms with Crippen molar-refractivity contribution in [1.82, 2.24) is 4.98 Å². The lowest BCUT2D eigenvalue weighted by Gasteiger charge is -2.32. The molecule has 2 heterocycles. The SMILES string of the molecule is O=C(O)c1c(N2CCCCC2)c(-c2ccccc2)nc2ccc(Br)cc12. The number of fused-ring (bicyclic) bond motifs is 1. The van der Waals surface area contributed by atoms with E-state index in [9.17, 15) is 9.90 Å². The Morgan fingerprint density at radius 1 is 1.04 bits per heavy atom. The minimum atomic E-state index is -0.909. The summed E-state index contributed by atoms with van der Waals surface area (Å²) >= 11 is 3.47. The molecule has 0 spiro atoms. The van der Waals surface area contributed by atoms with Crippen molar-refractivity contribution in [3.8, 4) is 11.3 Å². The van der Waals surface area contributed by atoms with Gasteiger partial charge in [0.25, 0.3) is 0 Å². The fourth-order valence-corrected chi connectivity index (χ4v) is 4.03. The molecule has 1 aromatic heterocycles. The molecule has 2 aromatic carbocycles. The van der Waals surface area contributed by atoms with Crippen molar-refractivity contribution in [3.63, 3.8) is 0 Å². The van der Waals surface area contributed by atoms with Gasteiger partial charge in [0.2, 0.25) is 0 Å². The van der Waals surface area contributed by atoms with E-state index in [-0.39, 0.29) is 0 Å². The Labute approximate surface area is 160 Å². The minimum absolute atomic E-state index is 0.344. The highest BCUT2D eigenvalue weighted by atomic mass is 79.9. The minimum Gasteiger partial charge on any atom is -0.478 e. The summed E-state index contributed by atoms with van der Waals surface area (Å²) in [6.45, 7) is 1.72. The first kappa shape index (κ1) is 17.0. The normalized spacial score (nSPS) is 14.6. The molecule has 0 bridgehead atoms. The van der Waals surface area contributed by atoms with Crippen molar-refractivity contribution < 1.29 is 9.90 Å². The molecule has 1 saturated heterocycles. The molecule has 1 aliphatic rings. The Morgan fingerprint density at radius 2 is 1.77 bits per heavy atom. The number of anilines is 1. The fourth-order valence-electron chi connectivity index (χ4n) is 3.66. The van der Waals surface area contributed by atoms with Gasteiger partial charge in [-0.05, 0) is 37.5 Å². The van der Waals surface area contributed by atoms with E-state index in [1.54, 1.807) is 0 Å². The van der Waals surface area contributed by atoms with Crippen LogP contribution in [0.3, 0.4) is 0 Å². The summed E-state index contributed by atoms with van der Waals surface area (Å²) in [5.74, 6) is -0.909. The van der Waals surface area contributed by atoms with Crippen LogP contribution in [0.15, 0.2) is 53.0 Å². The van der Waals surface area contributed by atoms with E-state index < -0.39 is 5.97 Å². The van der Waals surface area contributed by atoms with Crippen LogP contribution in [0.5, 0.6) is 0 Å². The maximum Gasteiger partial charge on any atom is 0.338 e. The van der Waals surface area contributed by atoms with E-state index in [1.807, 2.05) is 48.5 Å². The van der Waals surface area contributed by atoms with Crippen LogP contribution in [0.1, 0.15) is 29.6 Å². The number of pyridine rings is 1. The molecule has 5 heteroatoms. The van der Waals surface area contributed by atoms with Crippen molar-refractivity contribution in [3.05, 3.63) is 58.6 Å². The first-order valence-electron chi connectivity index (χ1n) is 8.82. The van der Waals surface area contributed by atoms with Crippen molar-refractivity contribution in [2.24, 2.45) is 0 Å². The summed E-state index contributed by atoms with van der Waals surface area (Å²) in [5, 5.41) is 10.8. The lowest BCUT2D eigenvalue weighted by Crippen LogP contribution is -2.31. The predicted molar refractivity (Wildman–Crippen MR) is 108 cm³/mol. The molecule has 3 aromatic rings. The van der Waals surface area contributed by atoms with Crippen molar-refractivity contribution >= 4 is 38.5 Å². The maximum absolute atomic E-state index is 12.3. The first-order chi connectivity index (χ1) is 12.6. The van der Waals surface area contributed by atoms with E-state index in [0.29, 0.717) is 16.5 Å². The Morgan fingerprint density at radius 3 is 2.46 bits per heavy atom. The predicted octanol–water partition coefficient (Wildman–Crippen LogP) is 5.35. The number of hydrogen-bond acceptors (Lipinski definition) is 3. The number of rotatable bonds is 3. The molecule has 0 saturated carbocycles. The van der Waals surface area contributed by atoms with Crippen LogP contribution in [0.25, 0.3) is 22.2 Å². The van der Waals surface area contributed by atoms with Crippen LogP contribution < -0.4 is 4.90 Å². The Hall–Kier alpha value is -2.40. The topological polar surface area (TPSA) is 53.4 Å². The van der Waals surface area contributed by atoms with Gasteiger partial charge in [0.05, 0.1) is 22.5 Å². The van der Waals surface area contributed by atoms with Crippen LogP contribution in [0.4, 0.5) is 5.69 Å². The quantitative estimate of drug-likeness (QED) is 0.631. The van der Waals surface area contributed by atoms with Crippen LogP contribution >= 0.6 is 15.9 Å². The number of hydrogen-bond donors (Lipinski definition) is 1. The van der Waals surface area contributed by atoms with E-state index in [2.05, 4.69) is 20.8 Å². The van der Waals surface area contributed by atoms with Gasteiger partial charge in [-0.3, -0.25) is 0 Å². The van der Waals surface area contributed by atoms with Crippen LogP contribution in [0.2, 0.25) is 0 Å². The summed E-state index contributed by atoms with van der Waals surface area (Å²) in [4.78, 5) is 19.4. The summed E-state index contributed by atoms with van der Waals surface area (Å²) in [6.07, 6.45) is 3.33. The lowest BCUT2D eigenvalue weighted by atomic mass is 9.98. The molecule has 1 aliphatic heterocycles. The molecule has 132 valence electrons. The van der Waals surface area contributed by atoms with Gasteiger partial charge >= 0.3 is 5.97 Å². The van der Waals surface area contributed by atoms with Gasteiger partial charge in [-0.25, -0.2) is 9.78 Å². The second-order valence-corrected chi connectivity index (χ2v) is 7.48. The Bertz CT molecular complexity index is 967. The number of aromatic carboxylic acids is 1. The molecule has 0 atom stereocenters. The Kier molecular flexibility index (Phi) is 4.64. The number of halogens is 1. The third-order valence-corrected chi connectivity index (χ3v) is 5.35. The van der Waals surface area contributed by atoms with E-state index >= 15 is 0 Å². The van der Waals surface area contributed by atoms with Gasteiger partial charge in [-0.2, -0.15) is 0 Å². The second-order valence-electron chi connectivity index (χ2n) is 6.56. The monoisotopic (exact) mass is 410 g/mol. The third kappa shape index (κ3) is 3.07. The number of carbonyl (C=O) groups is 1. The standard InChI is InChI=1S/C21H19BrN2O2/c22-15-9-10-17-16(13-15)18(21(25)26)20(24-11-5-2-6-12-24)19(23-17)14-7-3-1-4-8-14/h1,3-4,7-10,13H,2,5-6,11-12H2,(H,25,26). The number of carboxylic acids is 1. The van der Waals surface area contributed by atoms with Crippen molar-refractivity contribution in [2.75, 3.05) is 18.0 Å². The number of benzene rings is 2. The van der Waals surface area contributed by atoms with Crippen molar-refractivity contribution in [1.29, 1.82) is 0 Å². The average molecular weight is 411 g/mol. The van der Waals surface area contributed by atoms with E-state index in [1.165, 1.54) is 6.42 Å². The fraction of sp³-hybridized carbons (Fsp3) is 0.238. The Balaban J connectivity index is 2.07. The van der Waals surface area contributed by atoms with Crippen LogP contribution in [-0.2, 0) is 0 Å². The molecule has 4 nitrogen and oxygen atoms in total. The van der Waals surface area contributed by atoms with E-state index in [0.717, 1.165) is 47.3 Å². The van der Waals surface area contributed by atoms with Crippen LogP contribution in [0, 0.1) is 0 Å². The largest absolute Gasteiger partial charge is 0.478 e. The third-order valence-electron chi connectivity index (χ3n) is 4.85. The molecular weight excluding hydrogens is 392 g/mol. The highest BCUT2D eigenvalue weighted by Crippen LogP contribution is 2.39. The van der Waals surface area contributed by atoms with Gasteiger partial charge < -0.3 is 10.0 Å². The number of aromatic nitrogens is 1. The summed E-state index contributed by atoms with van der Waals surface area (Å²) < 4.78 is 0.853. The van der Waals surface area contributed by atoms with Crippen molar-refractivity contribution in [2.45, 2.75) is 19.3 Å². The maximum atomic E-state index is 12.3. The molecular formula is C21H19BrN2O2. The average Bonchev–Trinajstić information content (AvgIpc) is 2.67. The highest BCUT2D eigenvalue weighted by molar-refractivity contribution is 9.10. The zero-order valence-corrected chi connectivity index (χ0v) is 15.9. The van der Waals surface area contributed by atoms with Gasteiger partial charge in [0.1, 0.15) is 0 Å². The van der Waals surface area contributed by atoms with Gasteiger partial charge in [0.15, 0.2) is 0 Å². The molecule has 0 amide bonds. The van der Waals surface area contributed by atoms with Gasteiger partial charge in [-0.1, -0.05) is 46.3 Å². The van der Waals surface area contributed by atoms with Gasteiger partial charge in [0, 0.05) is 28.5 Å². The number of nitrogens with zero attached hydrogens (tertiary/aromatic N) is 2. The molecule has 0 radical (unpaired) electrons. The van der Waals surface area contributed by atoms with Crippen LogP contribution in [-0.4, -0.2) is 29.1 Å². The highest BCUT2D eigenvalue weighted by Gasteiger charge is 2.26. The zero-order chi connectivity index (χ0) is 18.1. The molecule has 0 aliphatic carbocycles. The summed E-state index contributed by atoms with van der Waals surface area (Å²) in [6, 6.07) is 15.5. The molecule has 1 N–H and O–H groups in total. The second kappa shape index (κ2) is 7.08. The number of carboxylic acid groups (broad SMARTS) is 1. The molecule has 0 unspecified atom stereocenters. The molecule has 4 rings (SSSR count). The zero-order valence-electron chi connectivity index (χ0n) is 14.3. The summed E-state index contributed by atoms with van der Waals surface area (Å²) in [5.41, 5.74) is 3.48.